The van der Waals surface area contributed by atoms with Gasteiger partial charge in [0, 0.05) is 11.1 Å². The molecule has 1 heterocycles. The summed E-state index contributed by atoms with van der Waals surface area (Å²) in [6.45, 7) is 0. The predicted molar refractivity (Wildman–Crippen MR) is 80.5 cm³/mol. The zero-order valence-corrected chi connectivity index (χ0v) is 11.0. The number of carbonyl (C=O) groups is 1. The van der Waals surface area contributed by atoms with Crippen LogP contribution in [0.5, 0.6) is 0 Å². The highest BCUT2D eigenvalue weighted by Crippen LogP contribution is 2.21. The smallest absolute Gasteiger partial charge is 0.274 e. The number of rotatable bonds is 2. The van der Waals surface area contributed by atoms with E-state index in [2.05, 4.69) is 10.3 Å². The maximum Gasteiger partial charge on any atom is 0.274 e. The molecule has 5 heteroatoms. The van der Waals surface area contributed by atoms with Gasteiger partial charge in [-0.15, -0.1) is 0 Å². The van der Waals surface area contributed by atoms with Crippen LogP contribution in [0.4, 0.5) is 15.8 Å². The van der Waals surface area contributed by atoms with E-state index >= 15 is 0 Å². The molecule has 0 atom stereocenters. The molecular weight excluding hydrogens is 269 g/mol. The van der Waals surface area contributed by atoms with Crippen molar-refractivity contribution in [1.29, 1.82) is 0 Å². The second kappa shape index (κ2) is 5.20. The van der Waals surface area contributed by atoms with E-state index < -0.39 is 11.7 Å². The zero-order valence-electron chi connectivity index (χ0n) is 11.0. The molecule has 0 spiro atoms. The Bertz CT molecular complexity index is 833. The van der Waals surface area contributed by atoms with Crippen molar-refractivity contribution < 1.29 is 9.18 Å². The minimum atomic E-state index is -0.502. The van der Waals surface area contributed by atoms with Crippen molar-refractivity contribution in [3.05, 3.63) is 66.1 Å². The van der Waals surface area contributed by atoms with Gasteiger partial charge in [0.2, 0.25) is 0 Å². The molecule has 0 saturated heterocycles. The third kappa shape index (κ3) is 2.53. The fourth-order valence-electron chi connectivity index (χ4n) is 2.07. The predicted octanol–water partition coefficient (Wildman–Crippen LogP) is 3.21. The Morgan fingerprint density at radius 3 is 2.62 bits per heavy atom. The van der Waals surface area contributed by atoms with Crippen LogP contribution in [0.1, 0.15) is 10.5 Å². The molecule has 0 aliphatic rings. The van der Waals surface area contributed by atoms with Gasteiger partial charge in [-0.1, -0.05) is 30.3 Å². The Balaban J connectivity index is 1.97. The Hall–Kier alpha value is -2.95. The average molecular weight is 281 g/mol. The third-order valence-corrected chi connectivity index (χ3v) is 3.10. The van der Waals surface area contributed by atoms with Gasteiger partial charge in [-0.2, -0.15) is 0 Å². The molecule has 1 aromatic heterocycles. The molecule has 0 saturated carbocycles. The van der Waals surface area contributed by atoms with Gasteiger partial charge in [-0.05, 0) is 24.3 Å². The molecule has 4 nitrogen and oxygen atoms in total. The van der Waals surface area contributed by atoms with Gasteiger partial charge in [0.15, 0.2) is 0 Å². The van der Waals surface area contributed by atoms with E-state index in [-0.39, 0.29) is 11.4 Å². The lowest BCUT2D eigenvalue weighted by Crippen LogP contribution is -2.15. The number of nitrogen functional groups attached to an aromatic ring is 1. The molecule has 3 N–H and O–H groups in total. The number of halogens is 1. The van der Waals surface area contributed by atoms with E-state index in [0.717, 1.165) is 5.39 Å². The lowest BCUT2D eigenvalue weighted by molar-refractivity contribution is 0.102. The summed E-state index contributed by atoms with van der Waals surface area (Å²) >= 11 is 0. The van der Waals surface area contributed by atoms with Crippen LogP contribution in [0.2, 0.25) is 0 Å². The SMILES string of the molecule is Nc1cc(C(=O)Nc2ccccc2F)nc2ccccc12. The van der Waals surface area contributed by atoms with Gasteiger partial charge in [0.1, 0.15) is 11.5 Å². The van der Waals surface area contributed by atoms with E-state index in [1.54, 1.807) is 18.2 Å². The highest BCUT2D eigenvalue weighted by atomic mass is 19.1. The fraction of sp³-hybridized carbons (Fsp3) is 0. The number of nitrogens with zero attached hydrogens (tertiary/aromatic N) is 1. The number of benzene rings is 2. The van der Waals surface area contributed by atoms with Crippen LogP contribution in [0.15, 0.2) is 54.6 Å². The maximum atomic E-state index is 13.5. The molecule has 0 fully saturated rings. The summed E-state index contributed by atoms with van der Waals surface area (Å²) in [6.07, 6.45) is 0. The summed E-state index contributed by atoms with van der Waals surface area (Å²) in [5.74, 6) is -1.00. The van der Waals surface area contributed by atoms with Gasteiger partial charge in [-0.25, -0.2) is 9.37 Å². The van der Waals surface area contributed by atoms with Crippen LogP contribution < -0.4 is 11.1 Å². The largest absolute Gasteiger partial charge is 0.398 e. The summed E-state index contributed by atoms with van der Waals surface area (Å²) in [5, 5.41) is 3.26. The second-order valence-corrected chi connectivity index (χ2v) is 4.55. The molecule has 2 aromatic carbocycles. The summed E-state index contributed by atoms with van der Waals surface area (Å²) in [6, 6.07) is 14.7. The van der Waals surface area contributed by atoms with Gasteiger partial charge in [0.05, 0.1) is 11.2 Å². The van der Waals surface area contributed by atoms with Crippen LogP contribution in [-0.4, -0.2) is 10.9 Å². The van der Waals surface area contributed by atoms with Crippen molar-refractivity contribution in [3.63, 3.8) is 0 Å². The maximum absolute atomic E-state index is 13.5. The first-order valence-corrected chi connectivity index (χ1v) is 6.36. The Morgan fingerprint density at radius 2 is 1.81 bits per heavy atom. The van der Waals surface area contributed by atoms with Crippen LogP contribution in [0.3, 0.4) is 0 Å². The minimum Gasteiger partial charge on any atom is -0.398 e. The van der Waals surface area contributed by atoms with E-state index in [1.165, 1.54) is 18.2 Å². The van der Waals surface area contributed by atoms with E-state index in [4.69, 9.17) is 5.73 Å². The molecule has 0 radical (unpaired) electrons. The number of aromatic nitrogens is 1. The molecule has 0 aliphatic heterocycles. The fourth-order valence-corrected chi connectivity index (χ4v) is 2.07. The third-order valence-electron chi connectivity index (χ3n) is 3.10. The molecular formula is C16H12FN3O. The molecule has 3 aromatic rings. The first kappa shape index (κ1) is 13.1. The molecule has 3 rings (SSSR count). The number of para-hydroxylation sites is 2. The summed E-state index contributed by atoms with van der Waals surface area (Å²) < 4.78 is 13.5. The van der Waals surface area contributed by atoms with Crippen molar-refractivity contribution in [2.45, 2.75) is 0 Å². The number of fused-ring (bicyclic) bond motifs is 1. The normalized spacial score (nSPS) is 10.5. The van der Waals surface area contributed by atoms with Gasteiger partial charge in [0.25, 0.3) is 5.91 Å². The minimum absolute atomic E-state index is 0.107. The van der Waals surface area contributed by atoms with Crippen molar-refractivity contribution >= 4 is 28.2 Å². The molecule has 0 bridgehead atoms. The monoisotopic (exact) mass is 281 g/mol. The molecule has 21 heavy (non-hydrogen) atoms. The van der Waals surface area contributed by atoms with E-state index in [9.17, 15) is 9.18 Å². The lowest BCUT2D eigenvalue weighted by Gasteiger charge is -2.08. The molecule has 1 amide bonds. The summed E-state index contributed by atoms with van der Waals surface area (Å²) in [5.41, 5.74) is 7.26. The average Bonchev–Trinajstić information content (AvgIpc) is 2.49. The Kier molecular flexibility index (Phi) is 3.23. The first-order chi connectivity index (χ1) is 10.1. The number of hydrogen-bond acceptors (Lipinski definition) is 3. The highest BCUT2D eigenvalue weighted by Gasteiger charge is 2.12. The number of pyridine rings is 1. The Labute approximate surface area is 120 Å². The summed E-state index contributed by atoms with van der Waals surface area (Å²) in [7, 11) is 0. The van der Waals surface area contributed by atoms with Gasteiger partial charge >= 0.3 is 0 Å². The van der Waals surface area contributed by atoms with Crippen LogP contribution >= 0.6 is 0 Å². The Morgan fingerprint density at radius 1 is 1.10 bits per heavy atom. The molecule has 104 valence electrons. The lowest BCUT2D eigenvalue weighted by atomic mass is 10.1. The number of hydrogen-bond donors (Lipinski definition) is 2. The zero-order chi connectivity index (χ0) is 14.8. The first-order valence-electron chi connectivity index (χ1n) is 6.36. The van der Waals surface area contributed by atoms with Gasteiger partial charge in [-0.3, -0.25) is 4.79 Å². The number of carbonyl (C=O) groups excluding carboxylic acids is 1. The number of nitrogens with one attached hydrogen (secondary N) is 1. The van der Waals surface area contributed by atoms with E-state index in [0.29, 0.717) is 11.2 Å². The standard InChI is InChI=1S/C16H12FN3O/c17-11-6-2-4-8-14(11)20-16(21)15-9-12(18)10-5-1-3-7-13(10)19-15/h1-9H,(H2,18,19)(H,20,21). The van der Waals surface area contributed by atoms with Crippen molar-refractivity contribution in [1.82, 2.24) is 4.98 Å². The number of anilines is 2. The highest BCUT2D eigenvalue weighted by molar-refractivity contribution is 6.06. The van der Waals surface area contributed by atoms with Crippen molar-refractivity contribution in [2.75, 3.05) is 11.1 Å². The summed E-state index contributed by atoms with van der Waals surface area (Å²) in [4.78, 5) is 16.4. The van der Waals surface area contributed by atoms with Crippen molar-refractivity contribution in [2.24, 2.45) is 0 Å². The number of amides is 1. The second-order valence-electron chi connectivity index (χ2n) is 4.55. The molecule has 0 aliphatic carbocycles. The number of nitrogens with two attached hydrogens (primary N) is 1. The van der Waals surface area contributed by atoms with Crippen LogP contribution in [-0.2, 0) is 0 Å². The van der Waals surface area contributed by atoms with Crippen LogP contribution in [0, 0.1) is 5.82 Å². The van der Waals surface area contributed by atoms with E-state index in [1.807, 2.05) is 18.2 Å². The van der Waals surface area contributed by atoms with Gasteiger partial charge < -0.3 is 11.1 Å². The van der Waals surface area contributed by atoms with Crippen LogP contribution in [0.25, 0.3) is 10.9 Å². The van der Waals surface area contributed by atoms with Crippen molar-refractivity contribution in [3.8, 4) is 0 Å². The molecule has 0 unspecified atom stereocenters. The topological polar surface area (TPSA) is 68.0 Å². The quantitative estimate of drug-likeness (QED) is 0.758.